The highest BCUT2D eigenvalue weighted by molar-refractivity contribution is 5.97. The van der Waals surface area contributed by atoms with Crippen LogP contribution in [0.3, 0.4) is 0 Å². The lowest BCUT2D eigenvalue weighted by Gasteiger charge is -2.03. The number of rotatable bonds is 6. The Labute approximate surface area is 149 Å². The molecule has 0 unspecified atom stereocenters. The van der Waals surface area contributed by atoms with E-state index >= 15 is 0 Å². The van der Waals surface area contributed by atoms with Gasteiger partial charge in [-0.3, -0.25) is 4.79 Å². The van der Waals surface area contributed by atoms with Crippen LogP contribution in [0.15, 0.2) is 63.8 Å². The van der Waals surface area contributed by atoms with Crippen molar-refractivity contribution in [2.24, 2.45) is 0 Å². The molecule has 0 bridgehead atoms. The third kappa shape index (κ3) is 3.61. The zero-order chi connectivity index (χ0) is 17.8. The van der Waals surface area contributed by atoms with Crippen LogP contribution in [-0.4, -0.2) is 27.6 Å². The first-order valence-electron chi connectivity index (χ1n) is 8.25. The number of hydrogen-bond acceptors (Lipinski definition) is 6. The average Bonchev–Trinajstić information content (AvgIpc) is 3.31. The van der Waals surface area contributed by atoms with E-state index in [9.17, 15) is 4.79 Å². The van der Waals surface area contributed by atoms with Crippen molar-refractivity contribution in [1.29, 1.82) is 0 Å². The number of fused-ring (bicyclic) bond motifs is 1. The van der Waals surface area contributed by atoms with Crippen molar-refractivity contribution in [3.05, 3.63) is 77.8 Å². The maximum absolute atomic E-state index is 12.3. The zero-order valence-electron chi connectivity index (χ0n) is 13.9. The summed E-state index contributed by atoms with van der Waals surface area (Å²) in [6, 6.07) is 15.2. The van der Waals surface area contributed by atoms with Gasteiger partial charge in [0.1, 0.15) is 5.52 Å². The summed E-state index contributed by atoms with van der Waals surface area (Å²) < 4.78 is 10.7. The largest absolute Gasteiger partial charge is 0.440 e. The summed E-state index contributed by atoms with van der Waals surface area (Å²) in [5.74, 6) is 0.932. The first kappa shape index (κ1) is 16.0. The molecule has 0 radical (unpaired) electrons. The summed E-state index contributed by atoms with van der Waals surface area (Å²) >= 11 is 0. The molecule has 0 aliphatic heterocycles. The van der Waals surface area contributed by atoms with Gasteiger partial charge in [-0.25, -0.2) is 4.98 Å². The van der Waals surface area contributed by atoms with Crippen molar-refractivity contribution in [3.8, 4) is 0 Å². The Balaban J connectivity index is 1.44. The Morgan fingerprint density at radius 2 is 1.96 bits per heavy atom. The van der Waals surface area contributed by atoms with E-state index < -0.39 is 0 Å². The highest BCUT2D eigenvalue weighted by Crippen LogP contribution is 2.19. The molecule has 4 aromatic rings. The normalized spacial score (nSPS) is 10.9. The van der Waals surface area contributed by atoms with Gasteiger partial charge in [-0.1, -0.05) is 35.5 Å². The van der Waals surface area contributed by atoms with Crippen molar-refractivity contribution in [2.45, 2.75) is 12.8 Å². The first-order chi connectivity index (χ1) is 12.8. The maximum atomic E-state index is 12.3. The lowest BCUT2D eigenvalue weighted by Crippen LogP contribution is -2.25. The molecule has 26 heavy (non-hydrogen) atoms. The van der Waals surface area contributed by atoms with Gasteiger partial charge >= 0.3 is 0 Å². The minimum atomic E-state index is -0.181. The minimum Gasteiger partial charge on any atom is -0.440 e. The average molecular weight is 348 g/mol. The molecule has 0 aliphatic rings. The molecular formula is C19H16N4O3. The molecule has 2 aromatic carbocycles. The molecule has 0 saturated heterocycles. The van der Waals surface area contributed by atoms with Crippen LogP contribution in [-0.2, 0) is 12.8 Å². The highest BCUT2D eigenvalue weighted by Gasteiger charge is 2.11. The van der Waals surface area contributed by atoms with Crippen LogP contribution in [0.4, 0.5) is 0 Å². The number of oxazole rings is 1. The molecule has 1 N–H and O–H groups in total. The molecule has 4 rings (SSSR count). The van der Waals surface area contributed by atoms with Crippen LogP contribution in [0.1, 0.15) is 27.7 Å². The van der Waals surface area contributed by atoms with Gasteiger partial charge in [0, 0.05) is 24.9 Å². The summed E-state index contributed by atoms with van der Waals surface area (Å²) in [6.07, 6.45) is 2.43. The number of benzene rings is 2. The lowest BCUT2D eigenvalue weighted by atomic mass is 10.1. The first-order valence-corrected chi connectivity index (χ1v) is 8.25. The van der Waals surface area contributed by atoms with Gasteiger partial charge in [-0.15, -0.1) is 0 Å². The van der Waals surface area contributed by atoms with Crippen LogP contribution in [0.2, 0.25) is 0 Å². The van der Waals surface area contributed by atoms with Gasteiger partial charge in [0.2, 0.25) is 5.89 Å². The van der Waals surface area contributed by atoms with E-state index in [4.69, 9.17) is 8.94 Å². The van der Waals surface area contributed by atoms with Crippen LogP contribution >= 0.6 is 0 Å². The molecule has 2 heterocycles. The number of aromatic nitrogens is 3. The van der Waals surface area contributed by atoms with Gasteiger partial charge < -0.3 is 14.3 Å². The standard InChI is InChI=1S/C19H16N4O3/c24-19(20-9-8-17-21-12-22-26-17)14-6-7-16-15(11-14)23-18(25-16)10-13-4-2-1-3-5-13/h1-7,11-12H,8-10H2,(H,20,24). The fourth-order valence-electron chi connectivity index (χ4n) is 2.65. The maximum Gasteiger partial charge on any atom is 0.251 e. The van der Waals surface area contributed by atoms with E-state index in [0.717, 1.165) is 5.56 Å². The molecule has 0 saturated carbocycles. The Morgan fingerprint density at radius 3 is 2.77 bits per heavy atom. The molecule has 0 aliphatic carbocycles. The number of nitrogens with one attached hydrogen (secondary N) is 1. The van der Waals surface area contributed by atoms with Gasteiger partial charge in [0.15, 0.2) is 17.8 Å². The molecule has 2 aromatic heterocycles. The minimum absolute atomic E-state index is 0.181. The van der Waals surface area contributed by atoms with E-state index in [-0.39, 0.29) is 5.91 Å². The van der Waals surface area contributed by atoms with Crippen LogP contribution in [0.5, 0.6) is 0 Å². The molecule has 0 fully saturated rings. The third-order valence-electron chi connectivity index (χ3n) is 3.92. The summed E-state index contributed by atoms with van der Waals surface area (Å²) in [5.41, 5.74) is 2.99. The molecule has 7 nitrogen and oxygen atoms in total. The van der Waals surface area contributed by atoms with Gasteiger partial charge in [0.25, 0.3) is 5.91 Å². The fraction of sp³-hybridized carbons (Fsp3) is 0.158. The summed E-state index contributed by atoms with van der Waals surface area (Å²) in [5, 5.41) is 6.35. The van der Waals surface area contributed by atoms with Crippen molar-refractivity contribution in [2.75, 3.05) is 6.54 Å². The molecular weight excluding hydrogens is 332 g/mol. The molecule has 1 amide bonds. The van der Waals surface area contributed by atoms with Crippen molar-refractivity contribution < 1.29 is 13.7 Å². The van der Waals surface area contributed by atoms with Gasteiger partial charge in [-0.05, 0) is 23.8 Å². The molecule has 0 spiro atoms. The third-order valence-corrected chi connectivity index (χ3v) is 3.92. The zero-order valence-corrected chi connectivity index (χ0v) is 13.9. The lowest BCUT2D eigenvalue weighted by molar-refractivity contribution is 0.0953. The summed E-state index contributed by atoms with van der Waals surface area (Å²) in [7, 11) is 0. The molecule has 7 heteroatoms. The van der Waals surface area contributed by atoms with E-state index in [1.165, 1.54) is 6.33 Å². The smallest absolute Gasteiger partial charge is 0.251 e. The highest BCUT2D eigenvalue weighted by atomic mass is 16.5. The summed E-state index contributed by atoms with van der Waals surface area (Å²) in [4.78, 5) is 20.7. The SMILES string of the molecule is O=C(NCCc1ncno1)c1ccc2oc(Cc3ccccc3)nc2c1. The van der Waals surface area contributed by atoms with E-state index in [0.29, 0.717) is 47.8 Å². The van der Waals surface area contributed by atoms with Crippen LogP contribution in [0, 0.1) is 0 Å². The predicted octanol–water partition coefficient (Wildman–Crippen LogP) is 2.77. The van der Waals surface area contributed by atoms with Gasteiger partial charge in [0.05, 0.1) is 0 Å². The van der Waals surface area contributed by atoms with Crippen LogP contribution in [0.25, 0.3) is 11.1 Å². The van der Waals surface area contributed by atoms with Crippen molar-refractivity contribution in [3.63, 3.8) is 0 Å². The Bertz CT molecular complexity index is 1010. The Hall–Kier alpha value is -3.48. The van der Waals surface area contributed by atoms with Crippen molar-refractivity contribution >= 4 is 17.0 Å². The number of nitrogens with zero attached hydrogens (tertiary/aromatic N) is 3. The van der Waals surface area contributed by atoms with Gasteiger partial charge in [-0.2, -0.15) is 4.98 Å². The second-order valence-electron chi connectivity index (χ2n) is 5.79. The van der Waals surface area contributed by atoms with E-state index in [1.54, 1.807) is 18.2 Å². The van der Waals surface area contributed by atoms with E-state index in [1.807, 2.05) is 30.3 Å². The number of carbonyl (C=O) groups excluding carboxylic acids is 1. The number of amides is 1. The van der Waals surface area contributed by atoms with Crippen LogP contribution < -0.4 is 5.32 Å². The quantitative estimate of drug-likeness (QED) is 0.576. The number of carbonyl (C=O) groups is 1. The Morgan fingerprint density at radius 1 is 1.08 bits per heavy atom. The monoisotopic (exact) mass is 348 g/mol. The topological polar surface area (TPSA) is 94.1 Å². The second-order valence-corrected chi connectivity index (χ2v) is 5.79. The molecule has 130 valence electrons. The number of hydrogen-bond donors (Lipinski definition) is 1. The fourth-order valence-corrected chi connectivity index (χ4v) is 2.65. The Kier molecular flexibility index (Phi) is 4.42. The summed E-state index contributed by atoms with van der Waals surface area (Å²) in [6.45, 7) is 0.414. The second kappa shape index (κ2) is 7.18. The van der Waals surface area contributed by atoms with E-state index in [2.05, 4.69) is 20.4 Å². The molecule has 0 atom stereocenters. The predicted molar refractivity (Wildman–Crippen MR) is 93.6 cm³/mol. The van der Waals surface area contributed by atoms with Crippen molar-refractivity contribution in [1.82, 2.24) is 20.4 Å².